The van der Waals surface area contributed by atoms with Crippen LogP contribution in [0.1, 0.15) is 98.5 Å². The van der Waals surface area contributed by atoms with Gasteiger partial charge in [0.15, 0.2) is 5.76 Å². The maximum absolute atomic E-state index is 13.9. The van der Waals surface area contributed by atoms with Gasteiger partial charge >= 0.3 is 0 Å². The first kappa shape index (κ1) is 25.0. The highest BCUT2D eigenvalue weighted by Gasteiger charge is 2.36. The van der Waals surface area contributed by atoms with Crippen LogP contribution in [0.2, 0.25) is 0 Å². The predicted octanol–water partition coefficient (Wildman–Crippen LogP) is 5.53. The topological polar surface area (TPSA) is 91.6 Å². The van der Waals surface area contributed by atoms with E-state index in [-0.39, 0.29) is 29.7 Å². The van der Waals surface area contributed by atoms with Crippen molar-refractivity contribution in [3.8, 4) is 0 Å². The summed E-state index contributed by atoms with van der Waals surface area (Å²) in [5.41, 5.74) is 0.700. The van der Waals surface area contributed by atoms with Crippen molar-refractivity contribution in [1.29, 1.82) is 0 Å². The van der Waals surface area contributed by atoms with Gasteiger partial charge in [-0.25, -0.2) is 0 Å². The number of hydrogen-bond donors (Lipinski definition) is 2. The number of benzene rings is 1. The Morgan fingerprint density at radius 1 is 0.886 bits per heavy atom. The van der Waals surface area contributed by atoms with E-state index in [1.165, 1.54) is 19.1 Å². The van der Waals surface area contributed by atoms with Gasteiger partial charge in [-0.1, -0.05) is 57.6 Å². The zero-order chi connectivity index (χ0) is 24.6. The molecular weight excluding hydrogens is 442 g/mol. The zero-order valence-corrected chi connectivity index (χ0v) is 20.6. The molecule has 0 aliphatic heterocycles. The lowest BCUT2D eigenvalue weighted by Gasteiger charge is -2.43. The average Bonchev–Trinajstić information content (AvgIpc) is 3.44. The van der Waals surface area contributed by atoms with E-state index in [0.29, 0.717) is 17.7 Å². The molecule has 1 unspecified atom stereocenters. The average molecular weight is 480 g/mol. The van der Waals surface area contributed by atoms with Crippen molar-refractivity contribution in [2.45, 2.75) is 95.7 Å². The van der Waals surface area contributed by atoms with Gasteiger partial charge in [0, 0.05) is 12.1 Å². The van der Waals surface area contributed by atoms with Crippen LogP contribution < -0.4 is 10.6 Å². The fraction of sp³-hybridized carbons (Fsp3) is 0.536. The molecule has 7 heteroatoms. The van der Waals surface area contributed by atoms with Gasteiger partial charge in [-0.3, -0.25) is 14.4 Å². The summed E-state index contributed by atoms with van der Waals surface area (Å²) in [6, 6.07) is 9.97. The Morgan fingerprint density at radius 2 is 1.51 bits per heavy atom. The third kappa shape index (κ3) is 6.13. The molecule has 2 saturated carbocycles. The largest absolute Gasteiger partial charge is 0.459 e. The molecular formula is C28H37N3O4. The second kappa shape index (κ2) is 12.0. The molecule has 1 atom stereocenters. The quantitative estimate of drug-likeness (QED) is 0.520. The lowest BCUT2D eigenvalue weighted by Crippen LogP contribution is -2.56. The standard InChI is InChI=1S/C28H37N3O4/c1-2-23(28(34)31(20-12-5-3-6-13-20)21-14-7-4-8-15-21)29-26(32)22-16-9-10-17-24(22)30-27(33)25-18-11-19-35-25/h9-11,16-21,23H,2-8,12-15H2,1H3,(H,29,32)(H,30,33). The molecule has 2 N–H and O–H groups in total. The summed E-state index contributed by atoms with van der Waals surface area (Å²) in [4.78, 5) is 41.8. The molecule has 0 spiro atoms. The molecule has 0 saturated heterocycles. The van der Waals surface area contributed by atoms with Crippen molar-refractivity contribution in [3.63, 3.8) is 0 Å². The molecule has 0 bridgehead atoms. The lowest BCUT2D eigenvalue weighted by atomic mass is 9.88. The third-order valence-electron chi connectivity index (χ3n) is 7.37. The highest BCUT2D eigenvalue weighted by atomic mass is 16.3. The minimum Gasteiger partial charge on any atom is -0.459 e. The molecule has 2 fully saturated rings. The van der Waals surface area contributed by atoms with E-state index in [1.54, 1.807) is 36.4 Å². The number of amides is 3. The van der Waals surface area contributed by atoms with Gasteiger partial charge in [-0.15, -0.1) is 0 Å². The van der Waals surface area contributed by atoms with Crippen molar-refractivity contribution >= 4 is 23.4 Å². The number of carbonyl (C=O) groups is 3. The van der Waals surface area contributed by atoms with E-state index in [9.17, 15) is 14.4 Å². The Labute approximate surface area is 207 Å². The molecule has 1 heterocycles. The van der Waals surface area contributed by atoms with Crippen LogP contribution in [0.4, 0.5) is 5.69 Å². The maximum atomic E-state index is 13.9. The first-order valence-corrected chi connectivity index (χ1v) is 13.2. The summed E-state index contributed by atoms with van der Waals surface area (Å²) in [7, 11) is 0. The molecule has 1 aromatic heterocycles. The van der Waals surface area contributed by atoms with Crippen LogP contribution in [0.5, 0.6) is 0 Å². The van der Waals surface area contributed by atoms with Crippen molar-refractivity contribution in [1.82, 2.24) is 10.2 Å². The van der Waals surface area contributed by atoms with Crippen molar-refractivity contribution in [3.05, 3.63) is 54.0 Å². The fourth-order valence-corrected chi connectivity index (χ4v) is 5.51. The smallest absolute Gasteiger partial charge is 0.291 e. The second-order valence-corrected chi connectivity index (χ2v) is 9.74. The lowest BCUT2D eigenvalue weighted by molar-refractivity contribution is -0.140. The minimum atomic E-state index is -0.597. The van der Waals surface area contributed by atoms with Gasteiger partial charge in [0.25, 0.3) is 11.8 Å². The first-order chi connectivity index (χ1) is 17.1. The molecule has 1 aromatic carbocycles. The van der Waals surface area contributed by atoms with Gasteiger partial charge < -0.3 is 20.0 Å². The van der Waals surface area contributed by atoms with Gasteiger partial charge in [-0.05, 0) is 56.4 Å². The second-order valence-electron chi connectivity index (χ2n) is 9.74. The Hall–Kier alpha value is -3.09. The molecule has 2 aliphatic carbocycles. The number of rotatable bonds is 8. The number of anilines is 1. The molecule has 3 amide bonds. The van der Waals surface area contributed by atoms with Crippen molar-refractivity contribution in [2.75, 3.05) is 5.32 Å². The van der Waals surface area contributed by atoms with Crippen LogP contribution in [0.3, 0.4) is 0 Å². The summed E-state index contributed by atoms with van der Waals surface area (Å²) in [5, 5.41) is 5.74. The van der Waals surface area contributed by atoms with Gasteiger partial charge in [-0.2, -0.15) is 0 Å². The summed E-state index contributed by atoms with van der Waals surface area (Å²) in [6.45, 7) is 1.94. The predicted molar refractivity (Wildman–Crippen MR) is 135 cm³/mol. The van der Waals surface area contributed by atoms with E-state index < -0.39 is 11.9 Å². The highest BCUT2D eigenvalue weighted by Crippen LogP contribution is 2.31. The molecule has 7 nitrogen and oxygen atoms in total. The molecule has 4 rings (SSSR count). The summed E-state index contributed by atoms with van der Waals surface area (Å²) < 4.78 is 5.16. The van der Waals surface area contributed by atoms with E-state index in [2.05, 4.69) is 15.5 Å². The van der Waals surface area contributed by atoms with E-state index in [1.807, 2.05) is 6.92 Å². The summed E-state index contributed by atoms with van der Waals surface area (Å²) >= 11 is 0. The number of nitrogens with zero attached hydrogens (tertiary/aromatic N) is 1. The van der Waals surface area contributed by atoms with Crippen LogP contribution in [0, 0.1) is 0 Å². The van der Waals surface area contributed by atoms with Crippen LogP contribution in [0.15, 0.2) is 47.1 Å². The minimum absolute atomic E-state index is 0.0387. The van der Waals surface area contributed by atoms with Gasteiger partial charge in [0.05, 0.1) is 17.5 Å². The molecule has 0 radical (unpaired) electrons. The van der Waals surface area contributed by atoms with Gasteiger partial charge in [0.2, 0.25) is 5.91 Å². The third-order valence-corrected chi connectivity index (χ3v) is 7.37. The Kier molecular flexibility index (Phi) is 8.61. The zero-order valence-electron chi connectivity index (χ0n) is 20.6. The van der Waals surface area contributed by atoms with Crippen molar-refractivity contribution in [2.24, 2.45) is 0 Å². The molecule has 2 aliphatic rings. The number of para-hydroxylation sites is 1. The van der Waals surface area contributed by atoms with Crippen LogP contribution in [-0.2, 0) is 4.79 Å². The number of hydrogen-bond acceptors (Lipinski definition) is 4. The Bertz CT molecular complexity index is 973. The summed E-state index contributed by atoms with van der Waals surface area (Å²) in [6.07, 6.45) is 13.2. The Balaban J connectivity index is 1.50. The fourth-order valence-electron chi connectivity index (χ4n) is 5.51. The molecule has 188 valence electrons. The van der Waals surface area contributed by atoms with Crippen molar-refractivity contribution < 1.29 is 18.8 Å². The van der Waals surface area contributed by atoms with E-state index in [4.69, 9.17) is 4.42 Å². The summed E-state index contributed by atoms with van der Waals surface area (Å²) in [5.74, 6) is -0.596. The molecule has 35 heavy (non-hydrogen) atoms. The van der Waals surface area contributed by atoms with E-state index in [0.717, 1.165) is 51.4 Å². The SMILES string of the molecule is CCC(NC(=O)c1ccccc1NC(=O)c1ccco1)C(=O)N(C1CCCCC1)C1CCCCC1. The Morgan fingerprint density at radius 3 is 2.09 bits per heavy atom. The maximum Gasteiger partial charge on any atom is 0.291 e. The van der Waals surface area contributed by atoms with E-state index >= 15 is 0 Å². The van der Waals surface area contributed by atoms with Gasteiger partial charge in [0.1, 0.15) is 6.04 Å². The number of carbonyl (C=O) groups excluding carboxylic acids is 3. The van der Waals surface area contributed by atoms with Crippen LogP contribution >= 0.6 is 0 Å². The monoisotopic (exact) mass is 479 g/mol. The van der Waals surface area contributed by atoms with Crippen LogP contribution in [0.25, 0.3) is 0 Å². The highest BCUT2D eigenvalue weighted by molar-refractivity contribution is 6.08. The number of furan rings is 1. The molecule has 2 aromatic rings. The number of nitrogens with one attached hydrogen (secondary N) is 2. The van der Waals surface area contributed by atoms with Crippen LogP contribution in [-0.4, -0.2) is 40.7 Å². The normalized spacial score (nSPS) is 18.0. The first-order valence-electron chi connectivity index (χ1n) is 13.2.